The van der Waals surface area contributed by atoms with E-state index in [4.69, 9.17) is 37.0 Å². The maximum Gasteiger partial charge on any atom is 0.472 e. The van der Waals surface area contributed by atoms with Crippen molar-refractivity contribution in [2.45, 2.75) is 264 Å². The molecule has 3 N–H and O–H groups in total. The van der Waals surface area contributed by atoms with Crippen LogP contribution in [0.4, 0.5) is 0 Å². The van der Waals surface area contributed by atoms with Crippen LogP contribution in [-0.4, -0.2) is 96.7 Å². The first kappa shape index (κ1) is 90.7. The topological polar surface area (TPSA) is 237 Å². The molecule has 0 aliphatic rings. The Morgan fingerprint density at radius 2 is 0.583 bits per heavy atom. The van der Waals surface area contributed by atoms with Gasteiger partial charge in [0, 0.05) is 19.3 Å². The van der Waals surface area contributed by atoms with Gasteiger partial charge in [0.25, 0.3) is 0 Å². The number of unbranched alkanes of at least 4 members (excludes halogenated alkanes) is 14. The average molecular weight is 1380 g/mol. The Bertz CT molecular complexity index is 2450. The van der Waals surface area contributed by atoms with E-state index >= 15 is 0 Å². The van der Waals surface area contributed by atoms with Gasteiger partial charge in [-0.25, -0.2) is 9.13 Å². The molecule has 5 unspecified atom stereocenters. The maximum absolute atomic E-state index is 13.0. The number of rotatable bonds is 65. The first-order chi connectivity index (χ1) is 46.7. The van der Waals surface area contributed by atoms with E-state index in [-0.39, 0.29) is 25.7 Å². The largest absolute Gasteiger partial charge is 0.472 e. The quantitative estimate of drug-likeness (QED) is 0.0169. The SMILES string of the molecule is CC/C=C\C/C=C\C/C=C\C/C=C\C/C=C\CC(=O)OCC(COP(=O)(O)OCC(O)COP(=O)(O)OCC(COC(=O)CCCC/C=C\C/C=C\C/C=C\C/C=C\CC)OC(=O)CCCCCCCCCCCCC)OC(=O)CCCC/C=C\C/C=C\C/C=C\C/C=C\CC. The monoisotopic (exact) mass is 1380 g/mol. The van der Waals surface area contributed by atoms with Gasteiger partial charge < -0.3 is 33.8 Å². The summed E-state index contributed by atoms with van der Waals surface area (Å²) in [5.41, 5.74) is 0. The van der Waals surface area contributed by atoms with Crippen LogP contribution in [0, 0.1) is 0 Å². The predicted molar refractivity (Wildman–Crippen MR) is 390 cm³/mol. The number of carbonyl (C=O) groups excluding carboxylic acids is 4. The molecule has 19 heteroatoms. The molecular formula is C77H124O17P2. The Balaban J connectivity index is 5.48. The second-order valence-electron chi connectivity index (χ2n) is 23.1. The molecular weight excluding hydrogens is 1260 g/mol. The molecule has 0 aromatic rings. The van der Waals surface area contributed by atoms with Crippen molar-refractivity contribution in [3.05, 3.63) is 158 Å². The molecule has 0 aliphatic heterocycles. The normalized spacial score (nSPS) is 14.9. The number of esters is 4. The van der Waals surface area contributed by atoms with Crippen LogP contribution in [0.1, 0.15) is 246 Å². The summed E-state index contributed by atoms with van der Waals surface area (Å²) in [5.74, 6) is -2.44. The van der Waals surface area contributed by atoms with E-state index < -0.39 is 97.5 Å². The maximum atomic E-state index is 13.0. The zero-order valence-corrected chi connectivity index (χ0v) is 60.8. The van der Waals surface area contributed by atoms with Gasteiger partial charge >= 0.3 is 39.5 Å². The average Bonchev–Trinajstić information content (AvgIpc) is 1.09. The zero-order chi connectivity index (χ0) is 70.4. The fourth-order valence-corrected chi connectivity index (χ4v) is 10.3. The van der Waals surface area contributed by atoms with Crippen molar-refractivity contribution in [2.75, 3.05) is 39.6 Å². The highest BCUT2D eigenvalue weighted by atomic mass is 31.2. The Morgan fingerprint density at radius 3 is 0.927 bits per heavy atom. The number of aliphatic hydroxyl groups excluding tert-OH is 1. The van der Waals surface area contributed by atoms with Crippen molar-refractivity contribution in [1.29, 1.82) is 0 Å². The number of phosphoric ester groups is 2. The molecule has 0 fully saturated rings. The van der Waals surface area contributed by atoms with E-state index in [1.807, 2.05) is 24.3 Å². The number of ether oxygens (including phenoxy) is 4. The standard InChI is InChI=1S/C77H124O17P2/c1-5-9-13-17-21-25-29-32-35-38-42-45-49-53-57-61-74(79)87-67-72(93-76(81)63-59-55-51-47-41-28-24-20-16-12-8-4)69-91-95(83,84)89-65-71(78)66-90-96(85,86)92-70-73(94-77(82)64-60-56-52-48-44-40-37-34-31-27-23-19-15-11-7-3)68-88-75(80)62-58-54-50-46-43-39-36-33-30-26-22-18-14-10-6-2/h9-11,13-15,21-23,25-27,32-37,42-46,48,54,58,71-73,78H,5-8,12,16-20,24,28-31,38-41,47,49-53,55-57,59-70H2,1-4H3,(H,83,84)(H,85,86)/b13-9-,14-10-,15-11-,25-21-,26-22-,27-23-,35-32-,36-33-,37-34-,45-42-,46-43-,48-44-,58-54-. The second-order valence-corrected chi connectivity index (χ2v) is 26.0. The molecule has 5 atom stereocenters. The van der Waals surface area contributed by atoms with Gasteiger partial charge in [-0.3, -0.25) is 37.3 Å². The zero-order valence-electron chi connectivity index (χ0n) is 59.0. The van der Waals surface area contributed by atoms with Crippen molar-refractivity contribution in [3.8, 4) is 0 Å². The summed E-state index contributed by atoms with van der Waals surface area (Å²) in [6, 6.07) is 0. The first-order valence-electron chi connectivity index (χ1n) is 35.7. The van der Waals surface area contributed by atoms with E-state index in [0.717, 1.165) is 122 Å². The Labute approximate surface area is 579 Å². The van der Waals surface area contributed by atoms with Gasteiger partial charge in [-0.1, -0.05) is 250 Å². The number of allylic oxidation sites excluding steroid dienone is 25. The molecule has 0 rings (SSSR count). The summed E-state index contributed by atoms with van der Waals surface area (Å²) in [7, 11) is -10.00. The molecule has 0 aliphatic carbocycles. The molecule has 0 saturated carbocycles. The number of hydrogen-bond donors (Lipinski definition) is 3. The van der Waals surface area contributed by atoms with Crippen LogP contribution < -0.4 is 0 Å². The number of carbonyl (C=O) groups is 4. The number of hydrogen-bond acceptors (Lipinski definition) is 15. The highest BCUT2D eigenvalue weighted by Crippen LogP contribution is 2.45. The lowest BCUT2D eigenvalue weighted by Gasteiger charge is -2.21. The van der Waals surface area contributed by atoms with Crippen LogP contribution in [0.25, 0.3) is 0 Å². The van der Waals surface area contributed by atoms with Crippen LogP contribution in [0.3, 0.4) is 0 Å². The molecule has 96 heavy (non-hydrogen) atoms. The van der Waals surface area contributed by atoms with Gasteiger partial charge in [0.1, 0.15) is 19.3 Å². The minimum atomic E-state index is -5.01. The van der Waals surface area contributed by atoms with E-state index in [9.17, 15) is 43.2 Å². The van der Waals surface area contributed by atoms with Gasteiger partial charge in [0.2, 0.25) is 0 Å². The smallest absolute Gasteiger partial charge is 0.462 e. The summed E-state index contributed by atoms with van der Waals surface area (Å²) < 4.78 is 68.1. The van der Waals surface area contributed by atoms with Crippen LogP contribution in [0.2, 0.25) is 0 Å². The van der Waals surface area contributed by atoms with Crippen molar-refractivity contribution < 1.29 is 80.2 Å². The van der Waals surface area contributed by atoms with E-state index in [1.165, 1.54) is 38.5 Å². The van der Waals surface area contributed by atoms with Crippen molar-refractivity contribution in [1.82, 2.24) is 0 Å². The lowest BCUT2D eigenvalue weighted by Crippen LogP contribution is -2.30. The highest BCUT2D eigenvalue weighted by molar-refractivity contribution is 7.47. The summed E-state index contributed by atoms with van der Waals surface area (Å²) in [5, 5.41) is 10.6. The Kier molecular flexibility index (Phi) is 64.4. The van der Waals surface area contributed by atoms with Crippen LogP contribution in [-0.2, 0) is 65.4 Å². The third-order valence-electron chi connectivity index (χ3n) is 14.0. The van der Waals surface area contributed by atoms with Gasteiger partial charge in [-0.15, -0.1) is 0 Å². The summed E-state index contributed by atoms with van der Waals surface area (Å²) in [6.07, 6.45) is 77.3. The van der Waals surface area contributed by atoms with Crippen molar-refractivity contribution >= 4 is 39.5 Å². The van der Waals surface area contributed by atoms with Crippen molar-refractivity contribution in [2.24, 2.45) is 0 Å². The Morgan fingerprint density at radius 1 is 0.312 bits per heavy atom. The van der Waals surface area contributed by atoms with Crippen LogP contribution in [0.5, 0.6) is 0 Å². The third-order valence-corrected chi connectivity index (χ3v) is 15.9. The molecule has 0 heterocycles. The number of aliphatic hydroxyl groups is 1. The first-order valence-corrected chi connectivity index (χ1v) is 38.7. The minimum absolute atomic E-state index is 0.0171. The van der Waals surface area contributed by atoms with Gasteiger partial charge in [0.05, 0.1) is 32.8 Å². The van der Waals surface area contributed by atoms with Gasteiger partial charge in [0.15, 0.2) is 12.2 Å². The highest BCUT2D eigenvalue weighted by Gasteiger charge is 2.30. The molecule has 0 amide bonds. The molecule has 0 spiro atoms. The molecule has 544 valence electrons. The third kappa shape index (κ3) is 67.3. The molecule has 0 bridgehead atoms. The lowest BCUT2D eigenvalue weighted by atomic mass is 10.1. The molecule has 0 aromatic heterocycles. The van der Waals surface area contributed by atoms with Crippen molar-refractivity contribution in [3.63, 3.8) is 0 Å². The summed E-state index contributed by atoms with van der Waals surface area (Å²) >= 11 is 0. The fourth-order valence-electron chi connectivity index (χ4n) is 8.68. The minimum Gasteiger partial charge on any atom is -0.462 e. The van der Waals surface area contributed by atoms with E-state index in [2.05, 4.69) is 155 Å². The van der Waals surface area contributed by atoms with Gasteiger partial charge in [-0.2, -0.15) is 0 Å². The molecule has 0 aromatic carbocycles. The molecule has 0 saturated heterocycles. The molecule has 0 radical (unpaired) electrons. The predicted octanol–water partition coefficient (Wildman–Crippen LogP) is 20.1. The van der Waals surface area contributed by atoms with E-state index in [0.29, 0.717) is 32.1 Å². The summed E-state index contributed by atoms with van der Waals surface area (Å²) in [4.78, 5) is 72.5. The van der Waals surface area contributed by atoms with Gasteiger partial charge in [-0.05, 0) is 128 Å². The second kappa shape index (κ2) is 68.2. The molecule has 17 nitrogen and oxygen atoms in total. The number of phosphoric acid groups is 2. The fraction of sp³-hybridized carbons (Fsp3) is 0.610. The van der Waals surface area contributed by atoms with E-state index in [1.54, 1.807) is 6.08 Å². The van der Waals surface area contributed by atoms with Crippen LogP contribution >= 0.6 is 15.6 Å². The summed E-state index contributed by atoms with van der Waals surface area (Å²) in [6.45, 7) is 4.26. The van der Waals surface area contributed by atoms with Crippen LogP contribution in [0.15, 0.2) is 158 Å². The Hall–Kier alpha value is -5.32. The lowest BCUT2D eigenvalue weighted by molar-refractivity contribution is -0.161.